The molecule has 1 fully saturated rings. The largest absolute Gasteiger partial charge is 0.375 e. The summed E-state index contributed by atoms with van der Waals surface area (Å²) in [6.07, 6.45) is 1.24. The fourth-order valence-corrected chi connectivity index (χ4v) is 5.71. The molecule has 0 saturated carbocycles. The molecule has 4 rings (SSSR count). The van der Waals surface area contributed by atoms with Crippen molar-refractivity contribution in [2.75, 3.05) is 45.7 Å². The first kappa shape index (κ1) is 27.4. The van der Waals surface area contributed by atoms with Crippen LogP contribution >= 0.6 is 35.2 Å². The molecule has 3 N–H and O–H groups in total. The number of carbonyl (C=O) groups excluding carboxylic acids is 3. The maximum Gasteiger partial charge on any atom is 0.280 e. The number of methoxy groups -OCH3 is 1. The molecule has 0 unspecified atom stereocenters. The van der Waals surface area contributed by atoms with Gasteiger partial charge in [0.25, 0.3) is 11.8 Å². The quantitative estimate of drug-likeness (QED) is 0.454. The highest BCUT2D eigenvalue weighted by atomic mass is 35.5. The smallest absolute Gasteiger partial charge is 0.280 e. The Labute approximate surface area is 229 Å². The second-order valence-corrected chi connectivity index (χ2v) is 11.0. The number of likely N-dealkylation sites (N-methyl/N-ethyl adjacent to an activating group) is 1. The van der Waals surface area contributed by atoms with E-state index in [9.17, 15) is 14.4 Å². The summed E-state index contributed by atoms with van der Waals surface area (Å²) in [6.45, 7) is 2.24. The molecule has 37 heavy (non-hydrogen) atoms. The molecular formula is C24H29ClN6O4S2. The number of piperidine rings is 1. The number of hydrogen-bond acceptors (Lipinski definition) is 8. The predicted octanol–water partition coefficient (Wildman–Crippen LogP) is 1.69. The maximum absolute atomic E-state index is 13.2. The molecule has 0 spiro atoms. The lowest BCUT2D eigenvalue weighted by molar-refractivity contribution is -0.136. The van der Waals surface area contributed by atoms with Crippen molar-refractivity contribution in [2.45, 2.75) is 31.5 Å². The molecule has 1 aromatic carbocycles. The van der Waals surface area contributed by atoms with E-state index < -0.39 is 18.0 Å². The van der Waals surface area contributed by atoms with Crippen LogP contribution in [-0.4, -0.2) is 90.0 Å². The molecule has 3 heterocycles. The fourth-order valence-electron chi connectivity index (χ4n) is 4.32. The maximum atomic E-state index is 13.2. The summed E-state index contributed by atoms with van der Waals surface area (Å²) >= 11 is 12.6. The Kier molecular flexibility index (Phi) is 9.08. The van der Waals surface area contributed by atoms with Gasteiger partial charge in [-0.15, -0.1) is 11.3 Å². The van der Waals surface area contributed by atoms with Crippen molar-refractivity contribution >= 4 is 63.6 Å². The van der Waals surface area contributed by atoms with Crippen molar-refractivity contribution in [3.8, 4) is 0 Å². The van der Waals surface area contributed by atoms with E-state index in [1.165, 1.54) is 18.4 Å². The van der Waals surface area contributed by atoms with E-state index >= 15 is 0 Å². The number of nitrogens with one attached hydrogen (secondary N) is 3. The molecule has 1 aromatic heterocycles. The minimum atomic E-state index is -0.534. The summed E-state index contributed by atoms with van der Waals surface area (Å²) in [5.41, 5.74) is 1.59. The van der Waals surface area contributed by atoms with E-state index in [4.69, 9.17) is 28.6 Å². The third-order valence-corrected chi connectivity index (χ3v) is 7.91. The zero-order valence-electron chi connectivity index (χ0n) is 20.6. The van der Waals surface area contributed by atoms with Crippen LogP contribution in [0.3, 0.4) is 0 Å². The highest BCUT2D eigenvalue weighted by Gasteiger charge is 2.35. The van der Waals surface area contributed by atoms with Gasteiger partial charge >= 0.3 is 0 Å². The molecule has 198 valence electrons. The van der Waals surface area contributed by atoms with Gasteiger partial charge in [-0.1, -0.05) is 23.8 Å². The Hall–Kier alpha value is -2.64. The molecule has 0 radical (unpaired) electrons. The van der Waals surface area contributed by atoms with Gasteiger partial charge in [-0.05, 0) is 37.7 Å². The molecule has 13 heteroatoms. The summed E-state index contributed by atoms with van der Waals surface area (Å²) in [5.74, 6) is -0.980. The molecule has 2 aromatic rings. The molecule has 2 atom stereocenters. The molecule has 0 aliphatic carbocycles. The first-order valence-electron chi connectivity index (χ1n) is 11.9. The van der Waals surface area contributed by atoms with Gasteiger partial charge < -0.3 is 30.5 Å². The molecule has 1 saturated heterocycles. The van der Waals surface area contributed by atoms with Gasteiger partial charge in [0, 0.05) is 55.3 Å². The van der Waals surface area contributed by atoms with Crippen LogP contribution in [0.2, 0.25) is 5.02 Å². The van der Waals surface area contributed by atoms with E-state index in [1.54, 1.807) is 29.2 Å². The Morgan fingerprint density at radius 2 is 1.95 bits per heavy atom. The van der Waals surface area contributed by atoms with Crippen LogP contribution in [0.4, 0.5) is 5.69 Å². The number of aromatic nitrogens is 1. The van der Waals surface area contributed by atoms with Crippen molar-refractivity contribution < 1.29 is 19.1 Å². The topological polar surface area (TPSA) is 116 Å². The number of hydrogen-bond donors (Lipinski definition) is 3. The summed E-state index contributed by atoms with van der Waals surface area (Å²) in [6, 6.07) is 5.85. The van der Waals surface area contributed by atoms with Crippen LogP contribution in [0.5, 0.6) is 0 Å². The summed E-state index contributed by atoms with van der Waals surface area (Å²) in [4.78, 5) is 48.0. The lowest BCUT2D eigenvalue weighted by Gasteiger charge is -2.39. The Morgan fingerprint density at radius 1 is 1.19 bits per heavy atom. The van der Waals surface area contributed by atoms with E-state index in [2.05, 4.69) is 25.8 Å². The van der Waals surface area contributed by atoms with E-state index in [-0.39, 0.29) is 30.0 Å². The number of halogens is 1. The number of thiocarbonyl (C=S) groups is 1. The molecule has 3 amide bonds. The van der Waals surface area contributed by atoms with E-state index in [0.29, 0.717) is 28.7 Å². The summed E-state index contributed by atoms with van der Waals surface area (Å²) in [7, 11) is 3.50. The van der Waals surface area contributed by atoms with Crippen LogP contribution in [0.15, 0.2) is 24.3 Å². The van der Waals surface area contributed by atoms with Crippen LogP contribution in [0, 0.1) is 0 Å². The number of ether oxygens (including phenoxy) is 1. The molecule has 2 aliphatic heterocycles. The number of anilines is 1. The van der Waals surface area contributed by atoms with Gasteiger partial charge in [-0.3, -0.25) is 14.4 Å². The monoisotopic (exact) mass is 564 g/mol. The van der Waals surface area contributed by atoms with Gasteiger partial charge in [-0.2, -0.15) is 0 Å². The lowest BCUT2D eigenvalue weighted by atomic mass is 9.98. The minimum absolute atomic E-state index is 0.0120. The number of benzene rings is 1. The Morgan fingerprint density at radius 3 is 2.68 bits per heavy atom. The summed E-state index contributed by atoms with van der Waals surface area (Å²) in [5, 5.41) is 9.77. The summed E-state index contributed by atoms with van der Waals surface area (Å²) < 4.78 is 4.99. The van der Waals surface area contributed by atoms with Crippen molar-refractivity contribution in [3.63, 3.8) is 0 Å². The standard InChI is InChI=1S/C24H29ClN6O4S2/c1-30-9-7-17-19(12-30)37-24(29-17)22(34)28-18-11-31(20(32)13-35-2)10-8-16(18)27-21(33)23(36)26-15-5-3-14(25)4-6-15/h3-6,16,18H,7-13H2,1-2H3,(H,26,36)(H,27,33)(H,28,34)/t16-,18+/m0/s1. The van der Waals surface area contributed by atoms with Crippen molar-refractivity contribution in [3.05, 3.63) is 44.9 Å². The molecular weight excluding hydrogens is 536 g/mol. The second-order valence-electron chi connectivity index (χ2n) is 9.06. The van der Waals surface area contributed by atoms with Gasteiger partial charge in [0.15, 0.2) is 10.00 Å². The predicted molar refractivity (Wildman–Crippen MR) is 146 cm³/mol. The lowest BCUT2D eigenvalue weighted by Crippen LogP contribution is -2.62. The number of likely N-dealkylation sites (tertiary alicyclic amines) is 1. The molecule has 0 bridgehead atoms. The van der Waals surface area contributed by atoms with E-state index in [1.807, 2.05) is 7.05 Å². The number of amides is 3. The minimum Gasteiger partial charge on any atom is -0.375 e. The third-order valence-electron chi connectivity index (χ3n) is 6.29. The number of fused-ring (bicyclic) bond motifs is 1. The van der Waals surface area contributed by atoms with Crippen molar-refractivity contribution in [2.24, 2.45) is 0 Å². The zero-order valence-corrected chi connectivity index (χ0v) is 23.0. The third kappa shape index (κ3) is 7.02. The number of carbonyl (C=O) groups is 3. The first-order valence-corrected chi connectivity index (χ1v) is 13.5. The van der Waals surface area contributed by atoms with E-state index in [0.717, 1.165) is 30.1 Å². The molecule has 2 aliphatic rings. The van der Waals surface area contributed by atoms with Gasteiger partial charge in [-0.25, -0.2) is 4.98 Å². The van der Waals surface area contributed by atoms with Crippen molar-refractivity contribution in [1.82, 2.24) is 25.4 Å². The second kappa shape index (κ2) is 12.3. The highest BCUT2D eigenvalue weighted by molar-refractivity contribution is 7.82. The SMILES string of the molecule is COCC(=O)N1CC[C@H](NC(=O)C(=S)Nc2ccc(Cl)cc2)[C@H](NC(=O)c2nc3c(s2)CN(C)CC3)C1. The average Bonchev–Trinajstić information content (AvgIpc) is 3.30. The normalized spacial score (nSPS) is 19.6. The first-order chi connectivity index (χ1) is 17.7. The van der Waals surface area contributed by atoms with Crippen LogP contribution in [0.25, 0.3) is 0 Å². The van der Waals surface area contributed by atoms with Crippen LogP contribution < -0.4 is 16.0 Å². The average molecular weight is 565 g/mol. The van der Waals surface area contributed by atoms with Gasteiger partial charge in [0.2, 0.25) is 5.91 Å². The Balaban J connectivity index is 1.44. The van der Waals surface area contributed by atoms with Crippen LogP contribution in [-0.2, 0) is 27.3 Å². The Bertz CT molecular complexity index is 1170. The number of rotatable bonds is 6. The number of nitrogens with zero attached hydrogens (tertiary/aromatic N) is 3. The van der Waals surface area contributed by atoms with Crippen molar-refractivity contribution in [1.29, 1.82) is 0 Å². The van der Waals surface area contributed by atoms with Crippen LogP contribution in [0.1, 0.15) is 26.8 Å². The van der Waals surface area contributed by atoms with Gasteiger partial charge in [0.1, 0.15) is 6.61 Å². The fraction of sp³-hybridized carbons (Fsp3) is 0.458. The number of thiazole rings is 1. The van der Waals surface area contributed by atoms with Gasteiger partial charge in [0.05, 0.1) is 17.8 Å². The highest BCUT2D eigenvalue weighted by Crippen LogP contribution is 2.25. The molecule has 10 nitrogen and oxygen atoms in total. The zero-order chi connectivity index (χ0) is 26.5.